The molecule has 2 heterocycles. The molecule has 0 aliphatic rings. The van der Waals surface area contributed by atoms with E-state index in [1.54, 1.807) is 12.1 Å². The van der Waals surface area contributed by atoms with Crippen molar-refractivity contribution in [3.63, 3.8) is 0 Å². The molecule has 14 heteroatoms. The van der Waals surface area contributed by atoms with Crippen molar-refractivity contribution in [1.82, 2.24) is 20.3 Å². The standard InChI is InChI=1S/C18H16Cl2F2N6O4/c19-9-2-1-7(4-24-12(30)5-29)13(20)14(9)26-18-25-10-3-8(15(23)31)17(27-16(10)28-18)32-6-11(21)22/h1-3,11,29H,4-6H2,(H2,23,31)(H,24,30)(H2,25,26,27,28). The van der Waals surface area contributed by atoms with Crippen LogP contribution in [0.4, 0.5) is 20.4 Å². The zero-order valence-corrected chi connectivity index (χ0v) is 17.6. The molecule has 1 aromatic carbocycles. The molecule has 0 aliphatic carbocycles. The first kappa shape index (κ1) is 23.4. The minimum atomic E-state index is -2.77. The molecule has 3 rings (SSSR count). The number of carbonyl (C=O) groups excluding carboxylic acids is 2. The molecule has 170 valence electrons. The number of aliphatic hydroxyl groups is 1. The quantitative estimate of drug-likeness (QED) is 0.309. The topological polar surface area (TPSA) is 155 Å². The zero-order chi connectivity index (χ0) is 23.4. The van der Waals surface area contributed by atoms with E-state index >= 15 is 0 Å². The van der Waals surface area contributed by atoms with Crippen LogP contribution >= 0.6 is 23.2 Å². The monoisotopic (exact) mass is 488 g/mol. The molecule has 0 radical (unpaired) electrons. The number of rotatable bonds is 9. The summed E-state index contributed by atoms with van der Waals surface area (Å²) in [5, 5.41) is 14.6. The number of anilines is 2. The lowest BCUT2D eigenvalue weighted by molar-refractivity contribution is -0.123. The first-order valence-corrected chi connectivity index (χ1v) is 9.68. The normalized spacial score (nSPS) is 11.1. The van der Waals surface area contributed by atoms with Gasteiger partial charge in [-0.15, -0.1) is 0 Å². The molecule has 0 spiro atoms. The number of H-pyrrole nitrogens is 1. The summed E-state index contributed by atoms with van der Waals surface area (Å²) in [4.78, 5) is 33.9. The number of hydrogen-bond acceptors (Lipinski definition) is 7. The largest absolute Gasteiger partial charge is 0.471 e. The van der Waals surface area contributed by atoms with Gasteiger partial charge in [0.15, 0.2) is 12.3 Å². The van der Waals surface area contributed by atoms with Crippen molar-refractivity contribution in [2.45, 2.75) is 13.0 Å². The van der Waals surface area contributed by atoms with Crippen LogP contribution < -0.4 is 21.1 Å². The lowest BCUT2D eigenvalue weighted by Crippen LogP contribution is -2.25. The summed E-state index contributed by atoms with van der Waals surface area (Å²) in [5.74, 6) is -1.75. The van der Waals surface area contributed by atoms with E-state index in [0.29, 0.717) is 5.56 Å². The number of aliphatic hydroxyl groups excluding tert-OH is 1. The van der Waals surface area contributed by atoms with Crippen LogP contribution in [0.2, 0.25) is 10.0 Å². The fourth-order valence-corrected chi connectivity index (χ4v) is 3.16. The van der Waals surface area contributed by atoms with E-state index < -0.39 is 31.5 Å². The number of nitrogens with two attached hydrogens (primary N) is 1. The van der Waals surface area contributed by atoms with E-state index in [-0.39, 0.29) is 50.8 Å². The summed E-state index contributed by atoms with van der Waals surface area (Å²) in [6.07, 6.45) is -2.77. The van der Waals surface area contributed by atoms with Gasteiger partial charge in [-0.2, -0.15) is 9.97 Å². The van der Waals surface area contributed by atoms with Gasteiger partial charge in [0.1, 0.15) is 12.2 Å². The van der Waals surface area contributed by atoms with E-state index in [1.165, 1.54) is 6.07 Å². The Hall–Kier alpha value is -3.22. The Labute approximate surface area is 189 Å². The number of halogens is 4. The van der Waals surface area contributed by atoms with Gasteiger partial charge in [0.25, 0.3) is 12.3 Å². The van der Waals surface area contributed by atoms with Crippen LogP contribution in [-0.2, 0) is 11.3 Å². The maximum atomic E-state index is 12.5. The van der Waals surface area contributed by atoms with Crippen LogP contribution in [0.25, 0.3) is 11.2 Å². The average molecular weight is 489 g/mol. The summed E-state index contributed by atoms with van der Waals surface area (Å²) in [6, 6.07) is 4.41. The van der Waals surface area contributed by atoms with Gasteiger partial charge in [-0.3, -0.25) is 9.59 Å². The second-order valence-corrected chi connectivity index (χ2v) is 7.10. The molecular formula is C18H16Cl2F2N6O4. The smallest absolute Gasteiger partial charge is 0.272 e. The first-order valence-electron chi connectivity index (χ1n) is 8.92. The fourth-order valence-electron chi connectivity index (χ4n) is 2.63. The summed E-state index contributed by atoms with van der Waals surface area (Å²) >= 11 is 12.6. The minimum absolute atomic E-state index is 0.0402. The maximum Gasteiger partial charge on any atom is 0.272 e. The Morgan fingerprint density at radius 3 is 2.69 bits per heavy atom. The van der Waals surface area contributed by atoms with Crippen LogP contribution in [0.15, 0.2) is 18.2 Å². The van der Waals surface area contributed by atoms with E-state index in [4.69, 9.17) is 38.8 Å². The molecule has 0 atom stereocenters. The van der Waals surface area contributed by atoms with Crippen LogP contribution in [0, 0.1) is 0 Å². The van der Waals surface area contributed by atoms with E-state index in [1.807, 2.05) is 0 Å². The molecule has 0 saturated heterocycles. The second-order valence-electron chi connectivity index (χ2n) is 6.32. The molecule has 2 amide bonds. The van der Waals surface area contributed by atoms with Crippen molar-refractivity contribution < 1.29 is 28.2 Å². The highest BCUT2D eigenvalue weighted by atomic mass is 35.5. The predicted octanol–water partition coefficient (Wildman–Crippen LogP) is 2.36. The number of ether oxygens (including phenoxy) is 1. The second kappa shape index (κ2) is 9.94. The lowest BCUT2D eigenvalue weighted by Gasteiger charge is -2.12. The van der Waals surface area contributed by atoms with Gasteiger partial charge in [0, 0.05) is 6.54 Å². The highest BCUT2D eigenvalue weighted by molar-refractivity contribution is 6.39. The number of aromatic nitrogens is 3. The number of primary amides is 1. The number of alkyl halides is 2. The van der Waals surface area contributed by atoms with Gasteiger partial charge in [-0.25, -0.2) is 8.78 Å². The highest BCUT2D eigenvalue weighted by Crippen LogP contribution is 2.35. The van der Waals surface area contributed by atoms with Crippen molar-refractivity contribution in [3.05, 3.63) is 39.4 Å². The van der Waals surface area contributed by atoms with Gasteiger partial charge in [-0.1, -0.05) is 29.3 Å². The molecule has 0 aliphatic heterocycles. The predicted molar refractivity (Wildman–Crippen MR) is 113 cm³/mol. The van der Waals surface area contributed by atoms with Crippen molar-refractivity contribution in [3.8, 4) is 5.88 Å². The number of nitrogens with one attached hydrogen (secondary N) is 3. The maximum absolute atomic E-state index is 12.5. The fraction of sp³-hybridized carbons (Fsp3) is 0.222. The Morgan fingerprint density at radius 1 is 1.28 bits per heavy atom. The third kappa shape index (κ3) is 5.33. The van der Waals surface area contributed by atoms with E-state index in [0.717, 1.165) is 0 Å². The molecular weight excluding hydrogens is 473 g/mol. The van der Waals surface area contributed by atoms with E-state index in [2.05, 4.69) is 25.6 Å². The third-order valence-corrected chi connectivity index (χ3v) is 4.83. The van der Waals surface area contributed by atoms with Crippen molar-refractivity contribution >= 4 is 57.8 Å². The number of amides is 2. The number of imidazole rings is 1. The number of fused-ring (bicyclic) bond motifs is 1. The molecule has 32 heavy (non-hydrogen) atoms. The Morgan fingerprint density at radius 2 is 2.03 bits per heavy atom. The first-order chi connectivity index (χ1) is 15.2. The number of carbonyl (C=O) groups is 2. The number of hydrogen-bond donors (Lipinski definition) is 5. The van der Waals surface area contributed by atoms with Gasteiger partial charge >= 0.3 is 0 Å². The number of pyridine rings is 1. The van der Waals surface area contributed by atoms with Gasteiger partial charge in [-0.05, 0) is 17.7 Å². The minimum Gasteiger partial charge on any atom is -0.471 e. The summed E-state index contributed by atoms with van der Waals surface area (Å²) in [6.45, 7) is -1.60. The average Bonchev–Trinajstić information content (AvgIpc) is 3.14. The zero-order valence-electron chi connectivity index (χ0n) is 16.1. The molecule has 2 aromatic heterocycles. The third-order valence-electron chi connectivity index (χ3n) is 4.08. The molecule has 0 unspecified atom stereocenters. The van der Waals surface area contributed by atoms with Crippen LogP contribution in [0.5, 0.6) is 5.88 Å². The molecule has 6 N–H and O–H groups in total. The van der Waals surface area contributed by atoms with Crippen molar-refractivity contribution in [1.29, 1.82) is 0 Å². The number of benzene rings is 1. The summed E-state index contributed by atoms with van der Waals surface area (Å²) < 4.78 is 29.8. The van der Waals surface area contributed by atoms with Gasteiger partial charge < -0.3 is 31.2 Å². The highest BCUT2D eigenvalue weighted by Gasteiger charge is 2.19. The molecule has 0 saturated carbocycles. The van der Waals surface area contributed by atoms with Crippen LogP contribution in [0.1, 0.15) is 15.9 Å². The Balaban J connectivity index is 1.92. The SMILES string of the molecule is NC(=O)c1cc2[nH]c(Nc3c(Cl)ccc(CNC(=O)CO)c3Cl)nc2nc1OCC(F)F. The number of nitrogens with zero attached hydrogens (tertiary/aromatic N) is 2. The summed E-state index contributed by atoms with van der Waals surface area (Å²) in [5.41, 5.74) is 6.17. The Bertz CT molecular complexity index is 1170. The number of aromatic amines is 1. The molecule has 0 bridgehead atoms. The lowest BCUT2D eigenvalue weighted by atomic mass is 10.2. The van der Waals surface area contributed by atoms with Crippen LogP contribution in [-0.4, -0.2) is 51.5 Å². The molecule has 10 nitrogen and oxygen atoms in total. The molecule has 3 aromatic rings. The summed E-state index contributed by atoms with van der Waals surface area (Å²) in [7, 11) is 0. The Kier molecular flexibility index (Phi) is 7.28. The van der Waals surface area contributed by atoms with Gasteiger partial charge in [0.2, 0.25) is 17.7 Å². The van der Waals surface area contributed by atoms with Crippen LogP contribution in [0.3, 0.4) is 0 Å². The van der Waals surface area contributed by atoms with E-state index in [9.17, 15) is 18.4 Å². The van der Waals surface area contributed by atoms with Crippen molar-refractivity contribution in [2.24, 2.45) is 5.73 Å². The van der Waals surface area contributed by atoms with Crippen molar-refractivity contribution in [2.75, 3.05) is 18.5 Å². The van der Waals surface area contributed by atoms with Gasteiger partial charge in [0.05, 0.1) is 21.2 Å². The molecule has 0 fully saturated rings.